The van der Waals surface area contributed by atoms with E-state index in [0.29, 0.717) is 17.6 Å². The topological polar surface area (TPSA) is 64.6 Å². The third-order valence-corrected chi connectivity index (χ3v) is 5.11. The minimum atomic E-state index is -0.542. The Morgan fingerprint density at radius 3 is 2.52 bits per heavy atom. The van der Waals surface area contributed by atoms with Crippen molar-refractivity contribution in [2.75, 3.05) is 13.2 Å². The van der Waals surface area contributed by atoms with Gasteiger partial charge in [-0.05, 0) is 42.4 Å². The maximum Gasteiger partial charge on any atom is 0.344 e. The molecule has 1 aliphatic rings. The van der Waals surface area contributed by atoms with Gasteiger partial charge in [0, 0.05) is 6.04 Å². The van der Waals surface area contributed by atoms with Crippen LogP contribution in [0.2, 0.25) is 0 Å². The van der Waals surface area contributed by atoms with Crippen molar-refractivity contribution in [1.29, 1.82) is 0 Å². The third-order valence-electron chi connectivity index (χ3n) is 5.11. The molecule has 0 spiro atoms. The van der Waals surface area contributed by atoms with E-state index in [4.69, 9.17) is 9.47 Å². The highest BCUT2D eigenvalue weighted by atomic mass is 16.6. The molecule has 25 heavy (non-hydrogen) atoms. The van der Waals surface area contributed by atoms with Crippen molar-refractivity contribution in [3.63, 3.8) is 0 Å². The summed E-state index contributed by atoms with van der Waals surface area (Å²) in [6.45, 7) is 6.00. The number of carbonyl (C=O) groups excluding carboxylic acids is 2. The second-order valence-corrected chi connectivity index (χ2v) is 6.89. The van der Waals surface area contributed by atoms with E-state index in [1.54, 1.807) is 0 Å². The van der Waals surface area contributed by atoms with Gasteiger partial charge in [-0.25, -0.2) is 4.79 Å². The molecule has 0 heterocycles. The first-order chi connectivity index (χ1) is 12.0. The average Bonchev–Trinajstić information content (AvgIpc) is 2.62. The van der Waals surface area contributed by atoms with Crippen LogP contribution in [0.3, 0.4) is 0 Å². The second-order valence-electron chi connectivity index (χ2n) is 6.89. The fraction of sp³-hybridized carbons (Fsp3) is 0.600. The largest absolute Gasteiger partial charge is 0.482 e. The SMILES string of the molecule is CCc1ccc(OCC(=O)OCC(=O)N[C@@H]2CCC[C@@H](C)[C@@H]2C)cc1. The van der Waals surface area contributed by atoms with Crippen LogP contribution in [0.4, 0.5) is 0 Å². The van der Waals surface area contributed by atoms with Gasteiger partial charge in [0.05, 0.1) is 0 Å². The van der Waals surface area contributed by atoms with Gasteiger partial charge in [0.25, 0.3) is 5.91 Å². The van der Waals surface area contributed by atoms with E-state index in [1.165, 1.54) is 12.0 Å². The van der Waals surface area contributed by atoms with Crippen molar-refractivity contribution >= 4 is 11.9 Å². The monoisotopic (exact) mass is 347 g/mol. The molecule has 2 rings (SSSR count). The summed E-state index contributed by atoms with van der Waals surface area (Å²) in [5.74, 6) is 0.881. The van der Waals surface area contributed by atoms with Crippen LogP contribution in [0.5, 0.6) is 5.75 Å². The van der Waals surface area contributed by atoms with Crippen LogP contribution in [0.1, 0.15) is 45.6 Å². The predicted octanol–water partition coefficient (Wildman–Crippen LogP) is 3.11. The first-order valence-corrected chi connectivity index (χ1v) is 9.16. The van der Waals surface area contributed by atoms with Crippen molar-refractivity contribution in [2.45, 2.75) is 52.5 Å². The van der Waals surface area contributed by atoms with E-state index < -0.39 is 5.97 Å². The van der Waals surface area contributed by atoms with Gasteiger partial charge < -0.3 is 14.8 Å². The van der Waals surface area contributed by atoms with Crippen molar-refractivity contribution < 1.29 is 19.1 Å². The average molecular weight is 347 g/mol. The first-order valence-electron chi connectivity index (χ1n) is 9.16. The smallest absolute Gasteiger partial charge is 0.344 e. The Hall–Kier alpha value is -2.04. The van der Waals surface area contributed by atoms with Crippen LogP contribution >= 0.6 is 0 Å². The molecule has 0 radical (unpaired) electrons. The lowest BCUT2D eigenvalue weighted by molar-refractivity contribution is -0.150. The van der Waals surface area contributed by atoms with Crippen LogP contribution in [0, 0.1) is 11.8 Å². The van der Waals surface area contributed by atoms with Crippen LogP contribution in [-0.2, 0) is 20.7 Å². The number of ether oxygens (including phenoxy) is 2. The highest BCUT2D eigenvalue weighted by molar-refractivity contribution is 5.81. The summed E-state index contributed by atoms with van der Waals surface area (Å²) in [7, 11) is 0. The molecule has 0 saturated heterocycles. The Balaban J connectivity index is 1.67. The molecule has 138 valence electrons. The predicted molar refractivity (Wildman–Crippen MR) is 96.4 cm³/mol. The number of aryl methyl sites for hydroxylation is 1. The lowest BCUT2D eigenvalue weighted by atomic mass is 9.78. The Bertz CT molecular complexity index is 570. The highest BCUT2D eigenvalue weighted by Gasteiger charge is 2.28. The van der Waals surface area contributed by atoms with E-state index in [-0.39, 0.29) is 25.2 Å². The Morgan fingerprint density at radius 2 is 1.84 bits per heavy atom. The van der Waals surface area contributed by atoms with Crippen LogP contribution < -0.4 is 10.1 Å². The van der Waals surface area contributed by atoms with Crippen molar-refractivity contribution in [1.82, 2.24) is 5.32 Å². The molecule has 0 aromatic heterocycles. The maximum absolute atomic E-state index is 12.0. The standard InChI is InChI=1S/C20H29NO4/c1-4-16-8-10-17(11-9-16)24-13-20(23)25-12-19(22)21-18-7-5-6-14(2)15(18)3/h8-11,14-15,18H,4-7,12-13H2,1-3H3,(H,21,22)/t14-,15+,18-/m1/s1. The van der Waals surface area contributed by atoms with Gasteiger partial charge in [0.2, 0.25) is 0 Å². The molecule has 0 bridgehead atoms. The summed E-state index contributed by atoms with van der Waals surface area (Å²) in [4.78, 5) is 23.7. The molecule has 0 aliphatic heterocycles. The number of carbonyl (C=O) groups is 2. The number of amides is 1. The lowest BCUT2D eigenvalue weighted by Gasteiger charge is -2.34. The summed E-state index contributed by atoms with van der Waals surface area (Å²) in [6, 6.07) is 7.73. The Kier molecular flexibility index (Phi) is 7.29. The molecule has 1 aromatic carbocycles. The zero-order valence-electron chi connectivity index (χ0n) is 15.4. The summed E-state index contributed by atoms with van der Waals surface area (Å²) >= 11 is 0. The number of hydrogen-bond acceptors (Lipinski definition) is 4. The zero-order valence-corrected chi connectivity index (χ0v) is 15.4. The molecule has 3 atom stereocenters. The van der Waals surface area contributed by atoms with Crippen LogP contribution in [-0.4, -0.2) is 31.1 Å². The molecule has 1 aliphatic carbocycles. The van der Waals surface area contributed by atoms with Crippen molar-refractivity contribution in [3.8, 4) is 5.75 Å². The molecular weight excluding hydrogens is 318 g/mol. The summed E-state index contributed by atoms with van der Waals surface area (Å²) in [6.07, 6.45) is 4.28. The third kappa shape index (κ3) is 6.07. The summed E-state index contributed by atoms with van der Waals surface area (Å²) in [5, 5.41) is 2.98. The van der Waals surface area contributed by atoms with E-state index in [9.17, 15) is 9.59 Å². The van der Waals surface area contributed by atoms with Crippen LogP contribution in [0.15, 0.2) is 24.3 Å². The number of hydrogen-bond donors (Lipinski definition) is 1. The molecule has 1 fully saturated rings. The van der Waals surface area contributed by atoms with E-state index in [0.717, 1.165) is 19.3 Å². The number of rotatable bonds is 7. The van der Waals surface area contributed by atoms with Crippen molar-refractivity contribution in [3.05, 3.63) is 29.8 Å². The van der Waals surface area contributed by atoms with Gasteiger partial charge in [0.1, 0.15) is 5.75 Å². The van der Waals surface area contributed by atoms with Crippen molar-refractivity contribution in [2.24, 2.45) is 11.8 Å². The first kappa shape index (κ1) is 19.3. The fourth-order valence-corrected chi connectivity index (χ4v) is 3.19. The second kappa shape index (κ2) is 9.44. The molecule has 1 saturated carbocycles. The zero-order chi connectivity index (χ0) is 18.2. The Labute approximate surface area is 150 Å². The minimum absolute atomic E-state index is 0.170. The van der Waals surface area contributed by atoms with Gasteiger partial charge in [-0.1, -0.05) is 45.7 Å². The van der Waals surface area contributed by atoms with Gasteiger partial charge in [-0.15, -0.1) is 0 Å². The van der Waals surface area contributed by atoms with Gasteiger partial charge in [0.15, 0.2) is 13.2 Å². The fourth-order valence-electron chi connectivity index (χ4n) is 3.19. The van der Waals surface area contributed by atoms with E-state index >= 15 is 0 Å². The maximum atomic E-state index is 12.0. The van der Waals surface area contributed by atoms with Gasteiger partial charge >= 0.3 is 5.97 Å². The molecule has 1 aromatic rings. The highest BCUT2D eigenvalue weighted by Crippen LogP contribution is 2.29. The normalized spacial score (nSPS) is 22.9. The Morgan fingerprint density at radius 1 is 1.12 bits per heavy atom. The van der Waals surface area contributed by atoms with E-state index in [2.05, 4.69) is 26.1 Å². The molecule has 5 nitrogen and oxygen atoms in total. The number of esters is 1. The summed E-state index contributed by atoms with van der Waals surface area (Å²) in [5.41, 5.74) is 1.21. The van der Waals surface area contributed by atoms with Gasteiger partial charge in [-0.3, -0.25) is 4.79 Å². The number of benzene rings is 1. The van der Waals surface area contributed by atoms with Gasteiger partial charge in [-0.2, -0.15) is 0 Å². The molecule has 1 amide bonds. The molecule has 1 N–H and O–H groups in total. The van der Waals surface area contributed by atoms with E-state index in [1.807, 2.05) is 24.3 Å². The van der Waals surface area contributed by atoms with Crippen LogP contribution in [0.25, 0.3) is 0 Å². The summed E-state index contributed by atoms with van der Waals surface area (Å²) < 4.78 is 10.4. The molecular formula is C20H29NO4. The molecule has 0 unspecified atom stereocenters. The molecule has 5 heteroatoms. The minimum Gasteiger partial charge on any atom is -0.482 e. The quantitative estimate of drug-likeness (QED) is 0.770. The lowest BCUT2D eigenvalue weighted by Crippen LogP contribution is -2.45. The number of nitrogens with one attached hydrogen (secondary N) is 1.